The number of hydrogen-bond acceptors (Lipinski definition) is 3. The van der Waals surface area contributed by atoms with E-state index in [1.54, 1.807) is 12.4 Å². The summed E-state index contributed by atoms with van der Waals surface area (Å²) in [5.41, 5.74) is 0.687. The zero-order valence-corrected chi connectivity index (χ0v) is 12.6. The number of amides is 1. The molecule has 2 N–H and O–H groups in total. The molecule has 0 spiro atoms. The van der Waals surface area contributed by atoms with E-state index in [1.807, 2.05) is 12.1 Å². The molecule has 1 fully saturated rings. The summed E-state index contributed by atoms with van der Waals surface area (Å²) in [7, 11) is 0. The molecule has 2 heterocycles. The van der Waals surface area contributed by atoms with Gasteiger partial charge in [-0.3, -0.25) is 9.78 Å². The molecule has 2 rings (SSSR count). The van der Waals surface area contributed by atoms with Gasteiger partial charge in [-0.1, -0.05) is 13.0 Å². The Labute approximate surface area is 126 Å². The van der Waals surface area contributed by atoms with E-state index in [2.05, 4.69) is 22.5 Å². The van der Waals surface area contributed by atoms with Crippen molar-refractivity contribution in [1.82, 2.24) is 15.6 Å². The molecule has 1 saturated heterocycles. The van der Waals surface area contributed by atoms with Crippen molar-refractivity contribution in [2.24, 2.45) is 0 Å². The van der Waals surface area contributed by atoms with Crippen LogP contribution in [0.3, 0.4) is 0 Å². The number of hydrogen-bond donors (Lipinski definition) is 2. The Balaban J connectivity index is 0.00000162. The predicted octanol–water partition coefficient (Wildman–Crippen LogP) is 2.07. The van der Waals surface area contributed by atoms with E-state index in [4.69, 9.17) is 0 Å². The van der Waals surface area contributed by atoms with Crippen LogP contribution in [0.4, 0.5) is 0 Å². The van der Waals surface area contributed by atoms with Gasteiger partial charge in [-0.15, -0.1) is 24.8 Å². The van der Waals surface area contributed by atoms with Crippen LogP contribution in [0.2, 0.25) is 0 Å². The summed E-state index contributed by atoms with van der Waals surface area (Å²) in [4.78, 5) is 16.2. The molecule has 108 valence electrons. The molecule has 0 saturated carbocycles. The molecule has 1 aromatic heterocycles. The molecule has 1 unspecified atom stereocenters. The highest BCUT2D eigenvalue weighted by Gasteiger charge is 2.38. The lowest BCUT2D eigenvalue weighted by Gasteiger charge is -2.26. The maximum atomic E-state index is 12.2. The van der Waals surface area contributed by atoms with Gasteiger partial charge in [-0.05, 0) is 37.4 Å². The molecule has 0 radical (unpaired) electrons. The van der Waals surface area contributed by atoms with Crippen molar-refractivity contribution >= 4 is 30.7 Å². The highest BCUT2D eigenvalue weighted by Crippen LogP contribution is 2.23. The fourth-order valence-corrected chi connectivity index (χ4v) is 2.32. The molecule has 6 heteroatoms. The minimum Gasteiger partial charge on any atom is -0.350 e. The van der Waals surface area contributed by atoms with Crippen molar-refractivity contribution in [2.75, 3.05) is 6.54 Å². The number of carbonyl (C=O) groups excluding carboxylic acids is 1. The second-order valence-electron chi connectivity index (χ2n) is 4.51. The Hall–Kier alpha value is -0.840. The first kappa shape index (κ1) is 18.2. The van der Waals surface area contributed by atoms with Crippen LogP contribution in [0.1, 0.15) is 31.7 Å². The van der Waals surface area contributed by atoms with Crippen LogP contribution in [0.15, 0.2) is 24.5 Å². The first-order valence-electron chi connectivity index (χ1n) is 6.19. The molecule has 1 aliphatic rings. The standard InChI is InChI=1S/C13H19N3O.2ClH/c1-2-13(6-4-8-16-13)12(17)15-10-11-5-3-7-14-9-11;;/h3,5,7,9,16H,2,4,6,8,10H2,1H3,(H,15,17);2*1H. The van der Waals surface area contributed by atoms with Crippen molar-refractivity contribution < 1.29 is 4.79 Å². The van der Waals surface area contributed by atoms with E-state index >= 15 is 0 Å². The SMILES string of the molecule is CCC1(C(=O)NCc2cccnc2)CCCN1.Cl.Cl. The number of rotatable bonds is 4. The number of halogens is 2. The van der Waals surface area contributed by atoms with Gasteiger partial charge in [0.1, 0.15) is 0 Å². The fourth-order valence-electron chi connectivity index (χ4n) is 2.32. The van der Waals surface area contributed by atoms with Crippen LogP contribution in [0.5, 0.6) is 0 Å². The van der Waals surface area contributed by atoms with Gasteiger partial charge in [0.2, 0.25) is 5.91 Å². The molecule has 1 amide bonds. The van der Waals surface area contributed by atoms with E-state index in [-0.39, 0.29) is 36.3 Å². The lowest BCUT2D eigenvalue weighted by atomic mass is 9.93. The minimum atomic E-state index is -0.345. The maximum absolute atomic E-state index is 12.2. The number of nitrogens with one attached hydrogen (secondary N) is 2. The molecule has 1 aromatic rings. The van der Waals surface area contributed by atoms with E-state index in [0.29, 0.717) is 6.54 Å². The summed E-state index contributed by atoms with van der Waals surface area (Å²) in [6, 6.07) is 3.85. The fraction of sp³-hybridized carbons (Fsp3) is 0.538. The summed E-state index contributed by atoms with van der Waals surface area (Å²) in [6.45, 7) is 3.55. The third-order valence-corrected chi connectivity index (χ3v) is 3.46. The smallest absolute Gasteiger partial charge is 0.240 e. The van der Waals surface area contributed by atoms with Crippen molar-refractivity contribution in [1.29, 1.82) is 0 Å². The highest BCUT2D eigenvalue weighted by atomic mass is 35.5. The van der Waals surface area contributed by atoms with Crippen LogP contribution >= 0.6 is 24.8 Å². The molecule has 0 aliphatic carbocycles. The lowest BCUT2D eigenvalue weighted by molar-refractivity contribution is -0.127. The van der Waals surface area contributed by atoms with Gasteiger partial charge < -0.3 is 10.6 Å². The van der Waals surface area contributed by atoms with E-state index in [9.17, 15) is 4.79 Å². The van der Waals surface area contributed by atoms with Gasteiger partial charge in [-0.2, -0.15) is 0 Å². The zero-order valence-electron chi connectivity index (χ0n) is 11.0. The molecule has 19 heavy (non-hydrogen) atoms. The number of nitrogens with zero attached hydrogens (tertiary/aromatic N) is 1. The predicted molar refractivity (Wildman–Crippen MR) is 80.8 cm³/mol. The summed E-state index contributed by atoms with van der Waals surface area (Å²) >= 11 is 0. The molecule has 4 nitrogen and oxygen atoms in total. The number of carbonyl (C=O) groups is 1. The van der Waals surface area contributed by atoms with Crippen LogP contribution in [-0.4, -0.2) is 23.0 Å². The quantitative estimate of drug-likeness (QED) is 0.895. The van der Waals surface area contributed by atoms with E-state index < -0.39 is 0 Å². The van der Waals surface area contributed by atoms with Crippen molar-refractivity contribution in [3.05, 3.63) is 30.1 Å². The third-order valence-electron chi connectivity index (χ3n) is 3.46. The summed E-state index contributed by atoms with van der Waals surface area (Å²) < 4.78 is 0. The summed E-state index contributed by atoms with van der Waals surface area (Å²) in [6.07, 6.45) is 6.36. The van der Waals surface area contributed by atoms with Crippen molar-refractivity contribution in [3.8, 4) is 0 Å². The van der Waals surface area contributed by atoms with Gasteiger partial charge in [0.25, 0.3) is 0 Å². The third kappa shape index (κ3) is 4.34. The lowest BCUT2D eigenvalue weighted by Crippen LogP contribution is -2.52. The van der Waals surface area contributed by atoms with E-state index in [1.165, 1.54) is 0 Å². The molecular weight excluding hydrogens is 285 g/mol. The topological polar surface area (TPSA) is 54.0 Å². The summed E-state index contributed by atoms with van der Waals surface area (Å²) in [5, 5.41) is 6.32. The van der Waals surface area contributed by atoms with Gasteiger partial charge in [0.15, 0.2) is 0 Å². The molecule has 0 bridgehead atoms. The Morgan fingerprint density at radius 2 is 2.32 bits per heavy atom. The Morgan fingerprint density at radius 1 is 1.53 bits per heavy atom. The molecular formula is C13H21Cl2N3O. The van der Waals surface area contributed by atoms with Crippen molar-refractivity contribution in [3.63, 3.8) is 0 Å². The van der Waals surface area contributed by atoms with Crippen molar-refractivity contribution in [2.45, 2.75) is 38.3 Å². The van der Waals surface area contributed by atoms with Crippen LogP contribution in [0.25, 0.3) is 0 Å². The van der Waals surface area contributed by atoms with Gasteiger partial charge in [-0.25, -0.2) is 0 Å². The number of aromatic nitrogens is 1. The average Bonchev–Trinajstić information content (AvgIpc) is 2.87. The minimum absolute atomic E-state index is 0. The van der Waals surface area contributed by atoms with Gasteiger partial charge >= 0.3 is 0 Å². The Bertz CT molecular complexity index is 381. The molecule has 0 aromatic carbocycles. The highest BCUT2D eigenvalue weighted by molar-refractivity contribution is 5.86. The molecule has 1 atom stereocenters. The van der Waals surface area contributed by atoms with Crippen LogP contribution in [0, 0.1) is 0 Å². The van der Waals surface area contributed by atoms with Crippen LogP contribution in [-0.2, 0) is 11.3 Å². The summed E-state index contributed by atoms with van der Waals surface area (Å²) in [5.74, 6) is 0.112. The maximum Gasteiger partial charge on any atom is 0.240 e. The Kier molecular flexibility index (Phi) is 7.99. The zero-order chi connectivity index (χ0) is 12.1. The second kappa shape index (κ2) is 8.35. The average molecular weight is 306 g/mol. The second-order valence-corrected chi connectivity index (χ2v) is 4.51. The van der Waals surface area contributed by atoms with Gasteiger partial charge in [0.05, 0.1) is 5.54 Å². The molecule has 1 aliphatic heterocycles. The van der Waals surface area contributed by atoms with Gasteiger partial charge in [0, 0.05) is 18.9 Å². The van der Waals surface area contributed by atoms with Crippen LogP contribution < -0.4 is 10.6 Å². The number of pyridine rings is 1. The first-order valence-corrected chi connectivity index (χ1v) is 6.19. The van der Waals surface area contributed by atoms with E-state index in [0.717, 1.165) is 31.4 Å². The first-order chi connectivity index (χ1) is 8.27. The Morgan fingerprint density at radius 3 is 2.84 bits per heavy atom. The monoisotopic (exact) mass is 305 g/mol. The normalized spacial score (nSPS) is 21.1. The largest absolute Gasteiger partial charge is 0.350 e.